The fourth-order valence-corrected chi connectivity index (χ4v) is 3.14. The first-order valence-electron chi connectivity index (χ1n) is 9.24. The lowest BCUT2D eigenvalue weighted by molar-refractivity contribution is 0.0712. The van der Waals surface area contributed by atoms with Crippen molar-refractivity contribution in [2.45, 2.75) is 45.8 Å². The van der Waals surface area contributed by atoms with Crippen LogP contribution in [0.1, 0.15) is 47.6 Å². The van der Waals surface area contributed by atoms with Crippen molar-refractivity contribution in [3.63, 3.8) is 0 Å². The monoisotopic (exact) mass is 365 g/mol. The minimum atomic E-state index is -0.680. The highest BCUT2D eigenvalue weighted by Crippen LogP contribution is 2.17. The molecule has 3 rings (SSSR count). The van der Waals surface area contributed by atoms with Crippen LogP contribution in [-0.2, 0) is 13.0 Å². The van der Waals surface area contributed by atoms with Crippen LogP contribution in [-0.4, -0.2) is 37.9 Å². The number of imidazole rings is 1. The molecule has 0 atom stereocenters. The van der Waals surface area contributed by atoms with Crippen molar-refractivity contribution in [1.29, 1.82) is 0 Å². The average molecular weight is 365 g/mol. The number of carbonyl (C=O) groups is 1. The lowest BCUT2D eigenvalue weighted by atomic mass is 9.98. The number of aliphatic hydroxyl groups is 1. The molecule has 5 heteroatoms. The van der Waals surface area contributed by atoms with Gasteiger partial charge in [-0.2, -0.15) is 0 Å². The van der Waals surface area contributed by atoms with Gasteiger partial charge >= 0.3 is 0 Å². The van der Waals surface area contributed by atoms with E-state index in [-0.39, 0.29) is 5.91 Å². The maximum Gasteiger partial charge on any atom is 0.253 e. The van der Waals surface area contributed by atoms with Crippen molar-refractivity contribution in [2.24, 2.45) is 0 Å². The van der Waals surface area contributed by atoms with E-state index in [9.17, 15) is 9.90 Å². The Bertz CT molecular complexity index is 936. The number of hydrogen-bond donors (Lipinski definition) is 1. The molecule has 0 aliphatic heterocycles. The van der Waals surface area contributed by atoms with Gasteiger partial charge in [0.15, 0.2) is 0 Å². The lowest BCUT2D eigenvalue weighted by Crippen LogP contribution is -2.27. The summed E-state index contributed by atoms with van der Waals surface area (Å²) >= 11 is 0. The predicted molar refractivity (Wildman–Crippen MR) is 107 cm³/mol. The summed E-state index contributed by atoms with van der Waals surface area (Å²) in [6.45, 7) is 6.08. The number of carbonyl (C=O) groups excluding carboxylic acids is 1. The number of nitrogens with zero attached hydrogens (tertiary/aromatic N) is 3. The van der Waals surface area contributed by atoms with Crippen LogP contribution >= 0.6 is 0 Å². The average Bonchev–Trinajstić information content (AvgIpc) is 2.94. The first kappa shape index (κ1) is 19.1. The second-order valence-corrected chi connectivity index (χ2v) is 7.74. The molecule has 0 aliphatic rings. The van der Waals surface area contributed by atoms with Crippen molar-refractivity contribution in [3.05, 3.63) is 71.2 Å². The van der Waals surface area contributed by atoms with Crippen LogP contribution in [0, 0.1) is 6.92 Å². The molecule has 0 unspecified atom stereocenters. The van der Waals surface area contributed by atoms with Crippen LogP contribution in [0.3, 0.4) is 0 Å². The summed E-state index contributed by atoms with van der Waals surface area (Å²) in [6.07, 6.45) is 3.45. The van der Waals surface area contributed by atoms with Crippen LogP contribution in [0.2, 0.25) is 0 Å². The van der Waals surface area contributed by atoms with Gasteiger partial charge in [-0.1, -0.05) is 18.2 Å². The molecule has 0 saturated heterocycles. The first-order valence-corrected chi connectivity index (χ1v) is 9.24. The van der Waals surface area contributed by atoms with Gasteiger partial charge in [-0.05, 0) is 63.4 Å². The van der Waals surface area contributed by atoms with Gasteiger partial charge in [0.2, 0.25) is 0 Å². The Labute approximate surface area is 160 Å². The zero-order valence-electron chi connectivity index (χ0n) is 16.4. The summed E-state index contributed by atoms with van der Waals surface area (Å²) in [7, 11) is 1.81. The molecule has 5 nitrogen and oxygen atoms in total. The molecule has 1 N–H and O–H groups in total. The smallest absolute Gasteiger partial charge is 0.253 e. The van der Waals surface area contributed by atoms with Crippen LogP contribution < -0.4 is 0 Å². The van der Waals surface area contributed by atoms with Gasteiger partial charge in [-0.25, -0.2) is 4.98 Å². The van der Waals surface area contributed by atoms with Crippen LogP contribution in [0.4, 0.5) is 0 Å². The van der Waals surface area contributed by atoms with E-state index in [1.165, 1.54) is 0 Å². The van der Waals surface area contributed by atoms with E-state index in [1.807, 2.05) is 80.9 Å². The number of aryl methyl sites for hydroxylation is 2. The molecule has 0 spiro atoms. The van der Waals surface area contributed by atoms with Gasteiger partial charge in [0.05, 0.1) is 23.5 Å². The first-order chi connectivity index (χ1) is 12.7. The van der Waals surface area contributed by atoms with Gasteiger partial charge in [0, 0.05) is 18.8 Å². The summed E-state index contributed by atoms with van der Waals surface area (Å²) in [5, 5.41) is 9.85. The van der Waals surface area contributed by atoms with E-state index < -0.39 is 5.60 Å². The van der Waals surface area contributed by atoms with Crippen LogP contribution in [0.25, 0.3) is 5.65 Å². The Morgan fingerprint density at radius 1 is 1.19 bits per heavy atom. The number of hydrogen-bond acceptors (Lipinski definition) is 3. The van der Waals surface area contributed by atoms with Crippen molar-refractivity contribution in [1.82, 2.24) is 14.3 Å². The number of pyridine rings is 1. The van der Waals surface area contributed by atoms with E-state index in [4.69, 9.17) is 0 Å². The molecule has 142 valence electrons. The molecule has 0 aliphatic carbocycles. The Balaban J connectivity index is 1.70. The normalized spacial score (nSPS) is 11.7. The maximum atomic E-state index is 12.8. The molecule has 2 aromatic heterocycles. The van der Waals surface area contributed by atoms with Gasteiger partial charge in [-0.3, -0.25) is 4.79 Å². The second-order valence-electron chi connectivity index (χ2n) is 7.74. The molecular weight excluding hydrogens is 338 g/mol. The summed E-state index contributed by atoms with van der Waals surface area (Å²) in [6, 6.07) is 13.5. The fraction of sp³-hybridized carbons (Fsp3) is 0.364. The molecular formula is C22H27N3O2. The van der Waals surface area contributed by atoms with E-state index >= 15 is 0 Å². The highest BCUT2D eigenvalue weighted by molar-refractivity contribution is 5.94. The van der Waals surface area contributed by atoms with Crippen molar-refractivity contribution in [3.8, 4) is 0 Å². The number of fused-ring (bicyclic) bond motifs is 1. The number of amides is 1. The molecule has 27 heavy (non-hydrogen) atoms. The Morgan fingerprint density at radius 3 is 2.56 bits per heavy atom. The molecule has 0 bridgehead atoms. The third-order valence-corrected chi connectivity index (χ3v) is 4.79. The predicted octanol–water partition coefficient (Wildman–Crippen LogP) is 3.62. The summed E-state index contributed by atoms with van der Waals surface area (Å²) in [5.41, 5.74) is 3.94. The fourth-order valence-electron chi connectivity index (χ4n) is 3.14. The third kappa shape index (κ3) is 4.55. The van der Waals surface area contributed by atoms with Crippen molar-refractivity contribution in [2.75, 3.05) is 7.05 Å². The standard InChI is InChI=1S/C22H27N3O2/c1-16-19(25-14-6-5-7-20(25)23-16)15-24(4)21(26)18-10-8-17(9-11-18)12-13-22(2,3)27/h5-11,14,27H,12-13,15H2,1-4H3. The Morgan fingerprint density at radius 2 is 1.89 bits per heavy atom. The molecule has 2 heterocycles. The molecule has 3 aromatic rings. The largest absolute Gasteiger partial charge is 0.390 e. The van der Waals surface area contributed by atoms with Crippen molar-refractivity contribution >= 4 is 11.6 Å². The summed E-state index contributed by atoms with van der Waals surface area (Å²) < 4.78 is 2.03. The molecule has 0 radical (unpaired) electrons. The van der Waals surface area contributed by atoms with E-state index in [2.05, 4.69) is 4.98 Å². The zero-order chi connectivity index (χ0) is 19.6. The number of rotatable bonds is 6. The summed E-state index contributed by atoms with van der Waals surface area (Å²) in [5.74, 6) is -0.0191. The number of benzene rings is 1. The van der Waals surface area contributed by atoms with Gasteiger partial charge < -0.3 is 14.4 Å². The lowest BCUT2D eigenvalue weighted by Gasteiger charge is -2.18. The number of aromatic nitrogens is 2. The molecule has 0 saturated carbocycles. The topological polar surface area (TPSA) is 57.8 Å². The Hall–Kier alpha value is -2.66. The third-order valence-electron chi connectivity index (χ3n) is 4.79. The second kappa shape index (κ2) is 7.53. The highest BCUT2D eigenvalue weighted by atomic mass is 16.3. The molecule has 1 aromatic carbocycles. The van der Waals surface area contributed by atoms with E-state index in [0.29, 0.717) is 18.5 Å². The van der Waals surface area contributed by atoms with E-state index in [1.54, 1.807) is 4.90 Å². The van der Waals surface area contributed by atoms with Crippen LogP contribution in [0.5, 0.6) is 0 Å². The minimum absolute atomic E-state index is 0.0191. The van der Waals surface area contributed by atoms with E-state index in [0.717, 1.165) is 29.0 Å². The molecule has 1 amide bonds. The quantitative estimate of drug-likeness (QED) is 0.726. The highest BCUT2D eigenvalue weighted by Gasteiger charge is 2.17. The van der Waals surface area contributed by atoms with Crippen LogP contribution in [0.15, 0.2) is 48.7 Å². The zero-order valence-corrected chi connectivity index (χ0v) is 16.4. The SMILES string of the molecule is Cc1nc2ccccn2c1CN(C)C(=O)c1ccc(CCC(C)(C)O)cc1. The van der Waals surface area contributed by atoms with Crippen molar-refractivity contribution < 1.29 is 9.90 Å². The molecule has 0 fully saturated rings. The Kier molecular flexibility index (Phi) is 5.33. The van der Waals surface area contributed by atoms with Gasteiger partial charge in [0.1, 0.15) is 5.65 Å². The van der Waals surface area contributed by atoms with Gasteiger partial charge in [-0.15, -0.1) is 0 Å². The summed E-state index contributed by atoms with van der Waals surface area (Å²) in [4.78, 5) is 19.1. The minimum Gasteiger partial charge on any atom is -0.390 e. The van der Waals surface area contributed by atoms with Gasteiger partial charge in [0.25, 0.3) is 5.91 Å². The maximum absolute atomic E-state index is 12.8.